The van der Waals surface area contributed by atoms with Crippen LogP contribution in [0.4, 0.5) is 63.6 Å². The number of pyridine rings is 1. The highest BCUT2D eigenvalue weighted by Crippen LogP contribution is 2.58. The molecule has 0 radical (unpaired) electrons. The van der Waals surface area contributed by atoms with Crippen molar-refractivity contribution < 1.29 is 36.5 Å². The number of anilines is 8. The summed E-state index contributed by atoms with van der Waals surface area (Å²) in [6.45, 7) is 20.9. The predicted octanol–water partition coefficient (Wildman–Crippen LogP) is 15.3. The number of halogens is 4. The number of aryl methyl sites for hydroxylation is 1. The summed E-state index contributed by atoms with van der Waals surface area (Å²) in [5.41, 5.74) is 44.1. The number of fused-ring (bicyclic) bond motifs is 14. The first-order valence-corrected chi connectivity index (χ1v) is 46.9. The number of piperidine rings is 1. The first-order valence-electron chi connectivity index (χ1n) is 46.9. The fourth-order valence-corrected chi connectivity index (χ4v) is 21.6. The van der Waals surface area contributed by atoms with Crippen molar-refractivity contribution in [3.05, 3.63) is 196 Å². The van der Waals surface area contributed by atoms with Crippen LogP contribution in [0.3, 0.4) is 0 Å². The lowest BCUT2D eigenvalue weighted by Gasteiger charge is -2.50. The maximum absolute atomic E-state index is 14.6. The lowest BCUT2D eigenvalue weighted by Crippen LogP contribution is -2.57. The van der Waals surface area contributed by atoms with Crippen LogP contribution >= 0.6 is 0 Å². The molecule has 4 saturated heterocycles. The number of ether oxygens (including phenoxy) is 4. The Morgan fingerprint density at radius 2 is 0.733 bits per heavy atom. The van der Waals surface area contributed by atoms with E-state index in [2.05, 4.69) is 75.8 Å². The quantitative estimate of drug-likeness (QED) is 0.0349. The van der Waals surface area contributed by atoms with Crippen LogP contribution in [-0.4, -0.2) is 179 Å². The van der Waals surface area contributed by atoms with Crippen molar-refractivity contribution in [2.75, 3.05) is 121 Å². The highest BCUT2D eigenvalue weighted by molar-refractivity contribution is 5.92. The smallest absolute Gasteiger partial charge is 0.324 e. The fraction of sp³-hybridized carbons (Fsp3) is 0.430. The molecule has 0 amide bonds. The van der Waals surface area contributed by atoms with Gasteiger partial charge in [-0.1, -0.05) is 41.5 Å². The van der Waals surface area contributed by atoms with Crippen molar-refractivity contribution in [3.63, 3.8) is 0 Å². The van der Waals surface area contributed by atoms with Crippen molar-refractivity contribution in [3.8, 4) is 91.5 Å². The zero-order valence-electron chi connectivity index (χ0n) is 77.6. The Balaban J connectivity index is 0.000000108. The molecule has 8 fully saturated rings. The number of nitrogens with one attached hydrogen (secondary N) is 4. The Kier molecular flexibility index (Phi) is 22.8. The topological polar surface area (TPSA) is 395 Å². The molecule has 8 aliphatic carbocycles. The van der Waals surface area contributed by atoms with Crippen molar-refractivity contribution in [2.24, 2.45) is 57.4 Å². The molecule has 4 saturated carbocycles. The van der Waals surface area contributed by atoms with Gasteiger partial charge in [0.2, 0.25) is 0 Å². The van der Waals surface area contributed by atoms with E-state index < -0.39 is 0 Å². The van der Waals surface area contributed by atoms with Crippen molar-refractivity contribution in [1.29, 1.82) is 0 Å². The molecule has 12 aromatic rings. The van der Waals surface area contributed by atoms with Crippen molar-refractivity contribution >= 4 is 46.0 Å². The summed E-state index contributed by atoms with van der Waals surface area (Å²) < 4.78 is 82.1. The third kappa shape index (κ3) is 16.7. The molecule has 24 rings (SSSR count). The van der Waals surface area contributed by atoms with E-state index in [9.17, 15) is 17.6 Å². The third-order valence-electron chi connectivity index (χ3n) is 29.3. The molecule has 12 aliphatic rings. The zero-order chi connectivity index (χ0) is 93.5. The van der Waals surface area contributed by atoms with E-state index in [1.54, 1.807) is 87.9 Å². The van der Waals surface area contributed by atoms with Crippen LogP contribution in [0.1, 0.15) is 172 Å². The van der Waals surface area contributed by atoms with Gasteiger partial charge in [0.15, 0.2) is 17.2 Å². The van der Waals surface area contributed by atoms with Gasteiger partial charge in [-0.3, -0.25) is 4.98 Å². The van der Waals surface area contributed by atoms with Crippen LogP contribution in [0.15, 0.2) is 104 Å². The van der Waals surface area contributed by atoms with Crippen LogP contribution in [0.5, 0.6) is 47.0 Å². The van der Waals surface area contributed by atoms with E-state index in [4.69, 9.17) is 81.8 Å². The van der Waals surface area contributed by atoms with Crippen LogP contribution in [0.2, 0.25) is 0 Å². The molecule has 4 aliphatic heterocycles. The largest absolute Gasteiger partial charge is 0.423 e. The maximum atomic E-state index is 14.6. The van der Waals surface area contributed by atoms with Gasteiger partial charge in [-0.2, -0.15) is 39.9 Å². The molecule has 8 unspecified atom stereocenters. The Bertz CT molecular complexity index is 6640. The summed E-state index contributed by atoms with van der Waals surface area (Å²) in [5.74, 6) is 9.18. The van der Waals surface area contributed by atoms with Gasteiger partial charge < -0.3 is 82.7 Å². The Hall–Kier alpha value is -13.3. The summed E-state index contributed by atoms with van der Waals surface area (Å²) in [6.07, 6.45) is 23.2. The third-order valence-corrected chi connectivity index (χ3v) is 29.3. The Labute approximate surface area is 780 Å². The van der Waals surface area contributed by atoms with E-state index in [0.717, 1.165) is 249 Å². The predicted molar refractivity (Wildman–Crippen MR) is 509 cm³/mol. The minimum Gasteiger partial charge on any atom is -0.423 e. The maximum Gasteiger partial charge on any atom is 0.324 e. The van der Waals surface area contributed by atoms with Gasteiger partial charge in [-0.25, -0.2) is 47.5 Å². The summed E-state index contributed by atoms with van der Waals surface area (Å²) in [5, 5.41) is 12.5. The second kappa shape index (κ2) is 34.9. The van der Waals surface area contributed by atoms with Gasteiger partial charge >= 0.3 is 24.0 Å². The van der Waals surface area contributed by atoms with Gasteiger partial charge in [0, 0.05) is 210 Å². The molecular formula is C100H111F4N27O4. The highest BCUT2D eigenvalue weighted by atomic mass is 19.1. The standard InChI is InChI=1S/C26H30FN7O.2C25H28FN7O.C24H25FN6O/c1-13(2)24-30-10-16(11-31-24)35-26-32-22-9-17-18(7-15(27)8-21(17)29-3)23(22)25(33-26)34-5-4-14-6-20(28)19(14)12-34;1-13(2)22-29-10-15(11-30-22)34-24-31-19-8-16-17(6-14(26)7-18(16)28-3)21(19)23(32-24)33-5-4-25(12-33)9-20(25)27;1-13(2)22-29-9-15(10-30-22)34-24-31-19-8-16-17(6-14(26)7-18(16)28-3)21(19)23(32-24)33-11-20(27)25(12-33)4-5-25;1-12-3-15(9-28-8-12)32-24-29-21-7-16-17(5-14(25)6-20(16)27-2)22(21)23(30-24)31-10-13-4-19(26)18(13)11-31/h7-8,10-11,13-14,19-20,29H,4-6,9,12,28H2,1-3H3;6-7,10-11,13,20,28H,4-5,8-9,12,27H2,1-3H3;6-7,9-10,13,20,28H,4-5,8,11-12,27H2,1-3H3;3,5-6,8-9,13,18-19,27H,4,7,10-11,26H2,1-2H3/t;;20-;/m..0./s1. The number of nitrogens with zero attached hydrogens (tertiary/aromatic N) is 19. The molecule has 8 aromatic heterocycles. The van der Waals surface area contributed by atoms with Crippen LogP contribution in [0, 0.1) is 64.7 Å². The van der Waals surface area contributed by atoms with E-state index in [-0.39, 0.29) is 100 Å². The minimum atomic E-state index is -0.290. The molecule has 0 bridgehead atoms. The summed E-state index contributed by atoms with van der Waals surface area (Å²) in [4.78, 5) is 77.9. The molecule has 135 heavy (non-hydrogen) atoms. The number of hydrogen-bond donors (Lipinski definition) is 8. The van der Waals surface area contributed by atoms with Crippen LogP contribution in [0.25, 0.3) is 44.5 Å². The highest BCUT2D eigenvalue weighted by Gasteiger charge is 2.57. The van der Waals surface area contributed by atoms with Gasteiger partial charge in [0.05, 0.1) is 66.2 Å². The van der Waals surface area contributed by atoms with Crippen LogP contribution < -0.4 is 82.7 Å². The number of nitrogens with two attached hydrogens (primary N) is 4. The fourth-order valence-electron chi connectivity index (χ4n) is 21.6. The van der Waals surface area contributed by atoms with Gasteiger partial charge in [0.1, 0.15) is 69.8 Å². The number of rotatable bonds is 19. The van der Waals surface area contributed by atoms with E-state index >= 15 is 0 Å². The molecular weight excluding hydrogens is 1720 g/mol. The number of hydrogen-bond acceptors (Lipinski definition) is 31. The zero-order valence-corrected chi connectivity index (χ0v) is 77.6. The lowest BCUT2D eigenvalue weighted by atomic mass is 9.66. The van der Waals surface area contributed by atoms with Gasteiger partial charge in [-0.05, 0) is 180 Å². The first kappa shape index (κ1) is 88.3. The molecule has 2 spiro atoms. The van der Waals surface area contributed by atoms with Gasteiger partial charge in [0.25, 0.3) is 0 Å². The average Bonchev–Trinajstić information content (AvgIpc) is 1.57. The second-order valence-corrected chi connectivity index (χ2v) is 39.1. The SMILES string of the molecule is CNc1cc(F)cc2c1Cc1nc(Oc3cnc(C(C)C)nc3)nc(N3CCC4(CC4N)C3)c1-2.CNc1cc(F)cc2c1Cc1nc(Oc3cnc(C(C)C)nc3)nc(N3CCC4CC(N)C4C3)c1-2.CNc1cc(F)cc2c1Cc1nc(Oc3cnc(C(C)C)nc3)nc(N3C[C@H](N)C4(CC4)C3)c1-2.CNc1cc(F)cc2c1Cc1nc(Oc3cncc(C)c3)nc(N3CC4CC(N)C4C3)c1-2. The monoisotopic (exact) mass is 1830 g/mol. The van der Waals surface area contributed by atoms with Crippen molar-refractivity contribution in [1.82, 2.24) is 74.8 Å². The van der Waals surface area contributed by atoms with Crippen LogP contribution in [-0.2, 0) is 25.7 Å². The Morgan fingerprint density at radius 3 is 1.08 bits per heavy atom. The number of benzene rings is 4. The second-order valence-electron chi connectivity index (χ2n) is 39.1. The Morgan fingerprint density at radius 1 is 0.378 bits per heavy atom. The summed E-state index contributed by atoms with van der Waals surface area (Å²) in [7, 11) is 7.22. The molecule has 12 N–H and O–H groups in total. The molecule has 35 heteroatoms. The minimum absolute atomic E-state index is 0.0979. The van der Waals surface area contributed by atoms with E-state index in [0.29, 0.717) is 78.9 Å². The van der Waals surface area contributed by atoms with E-state index in [1.165, 1.54) is 24.3 Å². The summed E-state index contributed by atoms with van der Waals surface area (Å²) >= 11 is 0. The van der Waals surface area contributed by atoms with E-state index in [1.807, 2.05) is 68.6 Å². The summed E-state index contributed by atoms with van der Waals surface area (Å²) in [6, 6.07) is 16.2. The molecule has 698 valence electrons. The molecule has 4 aromatic carbocycles. The normalized spacial score (nSPS) is 21.7. The molecule has 31 nitrogen and oxygen atoms in total. The lowest BCUT2D eigenvalue weighted by molar-refractivity contribution is 0.110. The molecule has 9 atom stereocenters. The van der Waals surface area contributed by atoms with Gasteiger partial charge in [-0.15, -0.1) is 0 Å². The average molecular weight is 1830 g/mol. The first-order chi connectivity index (χ1) is 65.1. The molecule has 12 heterocycles. The van der Waals surface area contributed by atoms with Crippen molar-refractivity contribution in [2.45, 2.75) is 161 Å². The number of aromatic nitrogens is 15.